The highest BCUT2D eigenvalue weighted by atomic mass is 19.1. The summed E-state index contributed by atoms with van der Waals surface area (Å²) < 4.78 is 42.1. The van der Waals surface area contributed by atoms with Gasteiger partial charge in [0.15, 0.2) is 17.3 Å². The van der Waals surface area contributed by atoms with E-state index in [1.54, 1.807) is 6.92 Å². The second-order valence-corrected chi connectivity index (χ2v) is 5.96. The van der Waals surface area contributed by atoms with Gasteiger partial charge in [-0.1, -0.05) is 0 Å². The van der Waals surface area contributed by atoms with Gasteiger partial charge in [0.2, 0.25) is 0 Å². The predicted octanol–water partition coefficient (Wildman–Crippen LogP) is 3.09. The number of pyridine rings is 1. The zero-order chi connectivity index (χ0) is 19.1. The van der Waals surface area contributed by atoms with Gasteiger partial charge in [0, 0.05) is 11.3 Å². The van der Waals surface area contributed by atoms with Crippen LogP contribution in [0.25, 0.3) is 16.9 Å². The second-order valence-electron chi connectivity index (χ2n) is 5.96. The van der Waals surface area contributed by atoms with Gasteiger partial charge < -0.3 is 5.73 Å². The molecule has 1 aromatic carbocycles. The van der Waals surface area contributed by atoms with Crippen molar-refractivity contribution in [2.45, 2.75) is 13.3 Å². The number of nitrogens with two attached hydrogens (primary N) is 1. The lowest BCUT2D eigenvalue weighted by atomic mass is 10.1. The largest absolute Gasteiger partial charge is 0.381 e. The molecule has 0 bridgehead atoms. The molecule has 4 aromatic rings. The van der Waals surface area contributed by atoms with Crippen molar-refractivity contribution in [2.75, 3.05) is 5.73 Å². The van der Waals surface area contributed by atoms with Gasteiger partial charge in [0.1, 0.15) is 17.5 Å². The normalized spacial score (nSPS) is 11.3. The summed E-state index contributed by atoms with van der Waals surface area (Å²) in [7, 11) is 0. The fourth-order valence-electron chi connectivity index (χ4n) is 2.79. The molecule has 0 aliphatic rings. The van der Waals surface area contributed by atoms with Crippen molar-refractivity contribution >= 4 is 11.5 Å². The van der Waals surface area contributed by atoms with E-state index in [2.05, 4.69) is 20.1 Å². The molecule has 0 amide bonds. The molecule has 0 saturated heterocycles. The molecule has 0 radical (unpaired) electrons. The first-order valence-electron chi connectivity index (χ1n) is 8.00. The SMILES string of the molecule is Cc1c(-c2cc(F)ccc2F)nc(N)c2nc(Cc3ccc(F)cn3)nn12. The molecule has 9 heteroatoms. The Bertz CT molecular complexity index is 1150. The van der Waals surface area contributed by atoms with Crippen molar-refractivity contribution in [1.29, 1.82) is 0 Å². The van der Waals surface area contributed by atoms with Crippen molar-refractivity contribution in [1.82, 2.24) is 24.6 Å². The van der Waals surface area contributed by atoms with Crippen molar-refractivity contribution < 1.29 is 13.2 Å². The Morgan fingerprint density at radius 3 is 2.56 bits per heavy atom. The number of fused-ring (bicyclic) bond motifs is 1. The molecule has 3 heterocycles. The van der Waals surface area contributed by atoms with E-state index in [1.807, 2.05) is 0 Å². The summed E-state index contributed by atoms with van der Waals surface area (Å²) in [6.45, 7) is 1.66. The van der Waals surface area contributed by atoms with Crippen LogP contribution in [-0.4, -0.2) is 24.6 Å². The molecule has 6 nitrogen and oxygen atoms in total. The Hall–Kier alpha value is -3.49. The quantitative estimate of drug-likeness (QED) is 0.599. The van der Waals surface area contributed by atoms with Crippen molar-refractivity contribution in [3.05, 3.63) is 71.2 Å². The summed E-state index contributed by atoms with van der Waals surface area (Å²) in [5.41, 5.74) is 7.45. The van der Waals surface area contributed by atoms with Crippen LogP contribution in [0.2, 0.25) is 0 Å². The summed E-state index contributed by atoms with van der Waals surface area (Å²) in [6, 6.07) is 5.93. The molecule has 0 saturated carbocycles. The number of nitrogen functional groups attached to an aromatic ring is 1. The maximum absolute atomic E-state index is 14.2. The lowest BCUT2D eigenvalue weighted by Gasteiger charge is -2.09. The topological polar surface area (TPSA) is 82.0 Å². The molecule has 0 aliphatic heterocycles. The number of benzene rings is 1. The van der Waals surface area contributed by atoms with Crippen LogP contribution in [0, 0.1) is 24.4 Å². The van der Waals surface area contributed by atoms with E-state index in [1.165, 1.54) is 16.6 Å². The molecule has 4 rings (SSSR count). The van der Waals surface area contributed by atoms with Crippen LogP contribution in [0.3, 0.4) is 0 Å². The molecule has 0 aliphatic carbocycles. The average Bonchev–Trinajstić information content (AvgIpc) is 3.07. The zero-order valence-corrected chi connectivity index (χ0v) is 14.1. The standard InChI is InChI=1S/C18H13F3N6/c1-9-16(13-6-10(19)3-5-14(13)21)25-17(22)18-24-15(26-27(9)18)7-12-4-2-11(20)8-23-12/h2-6,8H,7H2,1H3,(H2,22,25). The summed E-state index contributed by atoms with van der Waals surface area (Å²) >= 11 is 0. The molecule has 27 heavy (non-hydrogen) atoms. The maximum atomic E-state index is 14.2. The van der Waals surface area contributed by atoms with E-state index in [9.17, 15) is 13.2 Å². The first-order valence-corrected chi connectivity index (χ1v) is 8.00. The third kappa shape index (κ3) is 3.07. The van der Waals surface area contributed by atoms with Gasteiger partial charge in [-0.15, -0.1) is 0 Å². The average molecular weight is 370 g/mol. The van der Waals surface area contributed by atoms with Gasteiger partial charge in [-0.2, -0.15) is 5.10 Å². The highest BCUT2D eigenvalue weighted by Crippen LogP contribution is 2.27. The monoisotopic (exact) mass is 370 g/mol. The molecule has 0 atom stereocenters. The molecule has 0 unspecified atom stereocenters. The summed E-state index contributed by atoms with van der Waals surface area (Å²) in [5.74, 6) is -1.23. The van der Waals surface area contributed by atoms with Crippen LogP contribution in [0.15, 0.2) is 36.5 Å². The maximum Gasteiger partial charge on any atom is 0.198 e. The zero-order valence-electron chi connectivity index (χ0n) is 14.1. The minimum absolute atomic E-state index is 0.0154. The molecule has 0 fully saturated rings. The summed E-state index contributed by atoms with van der Waals surface area (Å²) in [5, 5.41) is 4.36. The fraction of sp³-hybridized carbons (Fsp3) is 0.111. The molecule has 0 spiro atoms. The third-order valence-electron chi connectivity index (χ3n) is 4.08. The van der Waals surface area contributed by atoms with Crippen molar-refractivity contribution in [3.8, 4) is 11.3 Å². The van der Waals surface area contributed by atoms with Gasteiger partial charge >= 0.3 is 0 Å². The van der Waals surface area contributed by atoms with E-state index in [4.69, 9.17) is 5.73 Å². The van der Waals surface area contributed by atoms with Crippen LogP contribution < -0.4 is 5.73 Å². The number of rotatable bonds is 3. The minimum atomic E-state index is -0.624. The van der Waals surface area contributed by atoms with E-state index in [0.29, 0.717) is 22.9 Å². The Balaban J connectivity index is 1.82. The van der Waals surface area contributed by atoms with Crippen LogP contribution >= 0.6 is 0 Å². The van der Waals surface area contributed by atoms with Gasteiger partial charge in [0.25, 0.3) is 0 Å². The Kier molecular flexibility index (Phi) is 3.98. The minimum Gasteiger partial charge on any atom is -0.381 e. The van der Waals surface area contributed by atoms with Gasteiger partial charge in [-0.3, -0.25) is 4.98 Å². The van der Waals surface area contributed by atoms with Gasteiger partial charge in [0.05, 0.1) is 24.0 Å². The van der Waals surface area contributed by atoms with Crippen molar-refractivity contribution in [2.24, 2.45) is 0 Å². The smallest absolute Gasteiger partial charge is 0.198 e. The van der Waals surface area contributed by atoms with E-state index < -0.39 is 17.5 Å². The number of aromatic nitrogens is 5. The number of halogens is 3. The van der Waals surface area contributed by atoms with E-state index >= 15 is 0 Å². The molecular formula is C18H13F3N6. The van der Waals surface area contributed by atoms with Gasteiger partial charge in [-0.25, -0.2) is 27.7 Å². The number of aryl methyl sites for hydroxylation is 1. The van der Waals surface area contributed by atoms with E-state index in [0.717, 1.165) is 24.4 Å². The highest BCUT2D eigenvalue weighted by molar-refractivity contribution is 5.70. The summed E-state index contributed by atoms with van der Waals surface area (Å²) in [4.78, 5) is 12.5. The Labute approximate surface area is 151 Å². The predicted molar refractivity (Wildman–Crippen MR) is 92.3 cm³/mol. The first-order chi connectivity index (χ1) is 12.9. The lowest BCUT2D eigenvalue weighted by molar-refractivity contribution is 0.602. The number of anilines is 1. The van der Waals surface area contributed by atoms with Gasteiger partial charge in [-0.05, 0) is 37.3 Å². The highest BCUT2D eigenvalue weighted by Gasteiger charge is 2.18. The van der Waals surface area contributed by atoms with E-state index in [-0.39, 0.29) is 23.5 Å². The number of nitrogens with zero attached hydrogens (tertiary/aromatic N) is 5. The van der Waals surface area contributed by atoms with Crippen LogP contribution in [0.5, 0.6) is 0 Å². The van der Waals surface area contributed by atoms with Crippen LogP contribution in [0.1, 0.15) is 17.2 Å². The molecule has 2 N–H and O–H groups in total. The summed E-state index contributed by atoms with van der Waals surface area (Å²) in [6.07, 6.45) is 1.36. The Morgan fingerprint density at radius 2 is 1.81 bits per heavy atom. The Morgan fingerprint density at radius 1 is 1.04 bits per heavy atom. The molecule has 3 aromatic heterocycles. The first kappa shape index (κ1) is 17.0. The van der Waals surface area contributed by atoms with Crippen LogP contribution in [0.4, 0.5) is 19.0 Å². The van der Waals surface area contributed by atoms with Crippen LogP contribution in [-0.2, 0) is 6.42 Å². The second kappa shape index (κ2) is 6.35. The lowest BCUT2D eigenvalue weighted by Crippen LogP contribution is -2.05. The third-order valence-corrected chi connectivity index (χ3v) is 4.08. The molecular weight excluding hydrogens is 357 g/mol. The molecule has 136 valence electrons. The number of hydrogen-bond donors (Lipinski definition) is 1. The number of hydrogen-bond acceptors (Lipinski definition) is 5. The van der Waals surface area contributed by atoms with Crippen molar-refractivity contribution in [3.63, 3.8) is 0 Å². The fourth-order valence-corrected chi connectivity index (χ4v) is 2.79.